The van der Waals surface area contributed by atoms with Gasteiger partial charge in [0, 0.05) is 273 Å². The number of imide groups is 1. The van der Waals surface area contributed by atoms with Gasteiger partial charge in [0.25, 0.3) is 11.8 Å². The monoisotopic (exact) mass is 2040 g/mol. The van der Waals surface area contributed by atoms with Crippen molar-refractivity contribution >= 4 is 121 Å². The third kappa shape index (κ3) is 119. The van der Waals surface area contributed by atoms with E-state index in [-0.39, 0.29) is 289 Å². The summed E-state index contributed by atoms with van der Waals surface area (Å²) < 4.78 is 22.9. The van der Waals surface area contributed by atoms with Crippen LogP contribution in [-0.4, -0.2) is 106 Å². The molecule has 25 nitrogen and oxygen atoms in total. The fourth-order valence-corrected chi connectivity index (χ4v) is 5.17. The smallest absolute Gasteiger partial charge is 0.405 e. The van der Waals surface area contributed by atoms with Gasteiger partial charge in [0.05, 0.1) is 40.9 Å². The van der Waals surface area contributed by atoms with Crippen LogP contribution in [0.2, 0.25) is 20.6 Å². The number of aliphatic hydroxyl groups is 1. The number of aliphatic hydroxyl groups excluding tert-OH is 1. The molecule has 3 atom stereocenters. The number of nitrogens with one attached hydrogen (secondary N) is 2. The third-order valence-corrected chi connectivity index (χ3v) is 7.75. The van der Waals surface area contributed by atoms with E-state index in [9.17, 15) is 28.5 Å². The minimum absolute atomic E-state index is 0. The predicted molar refractivity (Wildman–Crippen MR) is 391 cm³/mol. The number of nitrogens with zero attached hydrogens (tertiary/aromatic N) is 8. The van der Waals surface area contributed by atoms with Crippen molar-refractivity contribution in [3.63, 3.8) is 0 Å². The van der Waals surface area contributed by atoms with Crippen molar-refractivity contribution in [3.8, 4) is 0 Å². The number of nitrogens with two attached hydrogens (primary N) is 3. The molecule has 4 aromatic heterocycles. The first kappa shape index (κ1) is 151. The maximum absolute atomic E-state index is 10.9. The number of carbonyl (C=O) groups is 5. The van der Waals surface area contributed by atoms with Crippen molar-refractivity contribution in [2.75, 3.05) is 14.2 Å². The predicted octanol–water partition coefficient (Wildman–Crippen LogP) is 17.0. The molecule has 1 aliphatic rings. The number of aromatic nitrogens is 8. The van der Waals surface area contributed by atoms with Gasteiger partial charge in [0.2, 0.25) is 5.91 Å². The van der Waals surface area contributed by atoms with E-state index in [0.29, 0.717) is 54.5 Å². The van der Waals surface area contributed by atoms with Crippen LogP contribution in [0.4, 0.5) is 9.59 Å². The van der Waals surface area contributed by atoms with Gasteiger partial charge in [-0.25, -0.2) is 29.5 Å². The maximum atomic E-state index is 10.9. The van der Waals surface area contributed by atoms with Crippen LogP contribution in [0.15, 0.2) is 80.0 Å². The van der Waals surface area contributed by atoms with Crippen molar-refractivity contribution < 1.29 is 254 Å². The van der Waals surface area contributed by atoms with Crippen molar-refractivity contribution in [2.24, 2.45) is 28.0 Å². The first-order valence-electron chi connectivity index (χ1n) is 25.4. The summed E-state index contributed by atoms with van der Waals surface area (Å²) in [5, 5.41) is 12.1. The Kier molecular flexibility index (Phi) is 127. The number of halogens is 7. The molecule has 0 saturated heterocycles. The van der Waals surface area contributed by atoms with Gasteiger partial charge in [-0.15, -0.1) is 0 Å². The molecule has 0 saturated carbocycles. The molecule has 1 aromatic carbocycles. The second-order valence-electron chi connectivity index (χ2n) is 21.9. The molecular formula is C62H107Cl7N13O12PY6-6. The van der Waals surface area contributed by atoms with E-state index in [1.165, 1.54) is 37.9 Å². The number of primary amides is 2. The fraction of sp³-hybridized carbons (Fsp3) is 0.452. The Morgan fingerprint density at radius 2 is 0.802 bits per heavy atom. The number of hydrogen-bond donors (Lipinski definition) is 6. The van der Waals surface area contributed by atoms with Crippen molar-refractivity contribution in [2.45, 2.75) is 161 Å². The van der Waals surface area contributed by atoms with Crippen LogP contribution in [0.1, 0.15) is 188 Å². The average Bonchev–Trinajstić information content (AvgIpc) is 1.75. The number of amides is 5. The molecule has 0 aliphatic carbocycles. The molecule has 3 unspecified atom stereocenters. The summed E-state index contributed by atoms with van der Waals surface area (Å²) in [4.78, 5) is 99.5. The van der Waals surface area contributed by atoms with Gasteiger partial charge in [-0.1, -0.05) is 121 Å². The Bertz CT molecular complexity index is 2730. The van der Waals surface area contributed by atoms with Gasteiger partial charge in [-0.2, -0.15) is 9.59 Å². The molecule has 39 heteroatoms. The van der Waals surface area contributed by atoms with E-state index in [2.05, 4.69) is 154 Å². The molecule has 0 bridgehead atoms. The molecule has 6 radical (unpaired) electrons. The van der Waals surface area contributed by atoms with Crippen LogP contribution in [-0.2, 0) is 229 Å². The van der Waals surface area contributed by atoms with Gasteiger partial charge in [-0.3, -0.25) is 44.2 Å². The van der Waals surface area contributed by atoms with Gasteiger partial charge in [0.15, 0.2) is 15.5 Å². The summed E-state index contributed by atoms with van der Waals surface area (Å²) in [6.07, 6.45) is 11.9. The van der Waals surface area contributed by atoms with E-state index in [4.69, 9.17) is 78.3 Å². The number of fused-ring (bicyclic) bond motifs is 1. The van der Waals surface area contributed by atoms with E-state index in [0.717, 1.165) is 0 Å². The zero-order chi connectivity index (χ0) is 70.4. The van der Waals surface area contributed by atoms with E-state index in [1.807, 2.05) is 6.92 Å². The summed E-state index contributed by atoms with van der Waals surface area (Å²) in [5.41, 5.74) is 17.6. The zero-order valence-electron chi connectivity index (χ0n) is 62.5. The Labute approximate surface area is 791 Å². The van der Waals surface area contributed by atoms with Gasteiger partial charge in [0.1, 0.15) is 22.0 Å². The quantitative estimate of drug-likeness (QED) is 0.0553. The number of rotatable bonds is 4. The van der Waals surface area contributed by atoms with Crippen LogP contribution >= 0.6 is 85.3 Å². The molecule has 9 N–H and O–H groups in total. The van der Waals surface area contributed by atoms with Gasteiger partial charge >= 0.3 is 23.5 Å². The molecule has 0 fully saturated rings. The first-order valence-corrected chi connectivity index (χ1v) is 31.3. The summed E-state index contributed by atoms with van der Waals surface area (Å²) in [6.45, 7) is 34.7. The van der Waals surface area contributed by atoms with Crippen LogP contribution in [0.25, 0.3) is 0 Å². The Balaban J connectivity index is -0.0000000430. The molecule has 6 rings (SSSR count). The Hall–Kier alpha value is 0.833. The van der Waals surface area contributed by atoms with Crippen LogP contribution in [0, 0.1) is 55.4 Å². The zero-order valence-corrected chi connectivity index (χ0v) is 85.8. The molecule has 1 aliphatic heterocycles. The topological polar surface area (TPSA) is 390 Å². The van der Waals surface area contributed by atoms with Crippen molar-refractivity contribution in [1.82, 2.24) is 50.5 Å². The third-order valence-electron chi connectivity index (χ3n) is 6.68. The van der Waals surface area contributed by atoms with Crippen molar-refractivity contribution in [3.05, 3.63) is 173 Å². The van der Waals surface area contributed by atoms with Crippen LogP contribution in [0.5, 0.6) is 0 Å². The first-order chi connectivity index (χ1) is 39.9. The number of benzene rings is 1. The Morgan fingerprint density at radius 1 is 0.554 bits per heavy atom. The summed E-state index contributed by atoms with van der Waals surface area (Å²) in [5.74, 6) is -0.717. The number of ether oxygens (including phenoxy) is 3. The molecule has 570 valence electrons. The second-order valence-corrected chi connectivity index (χ2v) is 30.0. The molecule has 101 heavy (non-hydrogen) atoms. The largest absolute Gasteiger partial charge is 0.444 e. The van der Waals surface area contributed by atoms with Gasteiger partial charge in [-0.05, 0) is 119 Å². The van der Waals surface area contributed by atoms with E-state index < -0.39 is 34.7 Å². The molecular weight excluding hydrogens is 1930 g/mol. The molecule has 0 spiro atoms. The number of methoxy groups -OCH3 is 1. The molecule has 5 aromatic rings. The summed E-state index contributed by atoms with van der Waals surface area (Å²) in [7, 11) is 3.25. The SMILES string of the molecule is C.CC(=O)NC(C)c1nccnc1Cl.CC(C)(C)C.CC(C)(C)C.CC(C)(C)OC(N)=O.CC(C)(C)OC(N)=O.CC(N)c1nccnc1Cl.CC(O)c1nccnc1Cl.COC.Clc1cnccn1.O=C1NC(=O)c2ccccc21.O=C=O.O=P(Cl)(Cl)Cl.[CH3-].[CH3-].[CH3-].[CH3-].[CH3-].[CH3-].[Y].[Y].[Y].[Y].[Y].[Y]. The second kappa shape index (κ2) is 84.8. The van der Waals surface area contributed by atoms with E-state index in [1.54, 1.807) is 119 Å². The minimum Gasteiger partial charge on any atom is -0.444 e. The fourth-order valence-electron chi connectivity index (χ4n) is 4.25. The van der Waals surface area contributed by atoms with Gasteiger partial charge < -0.3 is 86.4 Å². The molecule has 5 heterocycles. The number of hydrogen-bond acceptors (Lipinski definition) is 21. The maximum Gasteiger partial charge on any atom is 0.405 e. The van der Waals surface area contributed by atoms with Crippen molar-refractivity contribution in [1.29, 1.82) is 0 Å². The molecule has 5 amide bonds. The average molecular weight is 2040 g/mol. The Morgan fingerprint density at radius 3 is 0.960 bits per heavy atom. The van der Waals surface area contributed by atoms with E-state index >= 15 is 0 Å². The standard InChI is InChI=1S/C8H10ClN3O.C8H5NO2.C6H8ClN3.C6H7ClN2O.2C5H11NO2.2C5H12.C4H3ClN2.C2H6O.CO2.CH4.6CH3.Cl3OP.6Y/c1-5(12-6(2)13)7-8(9)11-4-3-10-7;10-7-5-3-1-2-4-6(5)8(11)9-7;1-4(8)5-6(7)10-3-2-9-5;1-4(10)5-6(7)9-3-2-8-5;2*1-5(2,3)8-4(6)7;2*1-5(2,3)4;5-4-3-6-1-2-7-4;1-3-2;2-1-3;;;;;;;;1-5(2,3)4;;;;;;/h3-5H,1-2H3,(H,12,13);1-4H,(H,9,10,11);2-4H,8H2,1H3;2-4,10H,1H3;2*1-3H3,(H2,6,7);2*1-4H3;1-3H;1-2H3;;1H4;6*1H3;;;;;;;/q;;;;;;;;;;;;6*-1;;;;;;;. The summed E-state index contributed by atoms with van der Waals surface area (Å²) in [6, 6.07) is 6.37. The summed E-state index contributed by atoms with van der Waals surface area (Å²) >= 11 is 36.2. The normalized spacial score (nSPS) is 10.1. The van der Waals surface area contributed by atoms with Crippen LogP contribution in [0.3, 0.4) is 0 Å². The number of carbonyl (C=O) groups excluding carboxylic acids is 7. The minimum atomic E-state index is -3.22. The van der Waals surface area contributed by atoms with Crippen LogP contribution < -0.4 is 27.8 Å².